The minimum atomic E-state index is 0.326. The fraction of sp³-hybridized carbons (Fsp3) is 0.421. The Kier molecular flexibility index (Phi) is 3.83. The van der Waals surface area contributed by atoms with Crippen molar-refractivity contribution in [1.29, 1.82) is 0 Å². The van der Waals surface area contributed by atoms with Crippen molar-refractivity contribution in [1.82, 2.24) is 4.90 Å². The van der Waals surface area contributed by atoms with Gasteiger partial charge in [-0.2, -0.15) is 0 Å². The first kappa shape index (κ1) is 14.1. The molecule has 2 nitrogen and oxygen atoms in total. The van der Waals surface area contributed by atoms with E-state index in [9.17, 15) is 4.79 Å². The van der Waals surface area contributed by atoms with E-state index in [-0.39, 0.29) is 0 Å². The first-order chi connectivity index (χ1) is 10.8. The molecule has 2 aromatic rings. The Bertz CT molecular complexity index is 691. The van der Waals surface area contributed by atoms with Gasteiger partial charge in [0.25, 0.3) is 0 Å². The summed E-state index contributed by atoms with van der Waals surface area (Å²) in [7, 11) is 0. The summed E-state index contributed by atoms with van der Waals surface area (Å²) in [5, 5.41) is 2.50. The summed E-state index contributed by atoms with van der Waals surface area (Å²) in [6, 6.07) is 15.4. The maximum absolute atomic E-state index is 12.5. The zero-order valence-corrected chi connectivity index (χ0v) is 13.5. The van der Waals surface area contributed by atoms with Gasteiger partial charge in [-0.15, -0.1) is 11.8 Å². The Hall–Kier alpha value is -1.48. The number of hydrogen-bond donors (Lipinski definition) is 0. The highest BCUT2D eigenvalue weighted by molar-refractivity contribution is 8.00. The van der Waals surface area contributed by atoms with Crippen LogP contribution in [-0.2, 0) is 4.79 Å². The van der Waals surface area contributed by atoms with Crippen molar-refractivity contribution in [3.63, 3.8) is 0 Å². The van der Waals surface area contributed by atoms with Crippen molar-refractivity contribution in [2.75, 3.05) is 12.3 Å². The molecular weight excluding hydrogens is 290 g/mol. The molecule has 0 unspecified atom stereocenters. The molecule has 3 heteroatoms. The molecule has 0 radical (unpaired) electrons. The van der Waals surface area contributed by atoms with Crippen LogP contribution in [0.3, 0.4) is 0 Å². The van der Waals surface area contributed by atoms with Gasteiger partial charge >= 0.3 is 0 Å². The molecule has 0 N–H and O–H groups in total. The monoisotopic (exact) mass is 311 g/mol. The van der Waals surface area contributed by atoms with Crippen LogP contribution in [-0.4, -0.2) is 29.1 Å². The first-order valence-electron chi connectivity index (χ1n) is 8.21. The molecule has 2 aromatic carbocycles. The van der Waals surface area contributed by atoms with Gasteiger partial charge in [-0.05, 0) is 54.5 Å². The number of hydrogen-bond acceptors (Lipinski definition) is 2. The SMILES string of the molecule is O=C(CSc1ccc2ccccc2c1)N(CC1CC1)C1CC1. The fourth-order valence-corrected chi connectivity index (χ4v) is 3.74. The highest BCUT2D eigenvalue weighted by Crippen LogP contribution is 2.35. The minimum Gasteiger partial charge on any atom is -0.339 e. The largest absolute Gasteiger partial charge is 0.339 e. The van der Waals surface area contributed by atoms with Crippen LogP contribution >= 0.6 is 11.8 Å². The topological polar surface area (TPSA) is 20.3 Å². The highest BCUT2D eigenvalue weighted by atomic mass is 32.2. The molecule has 0 saturated heterocycles. The van der Waals surface area contributed by atoms with E-state index in [0.29, 0.717) is 17.7 Å². The summed E-state index contributed by atoms with van der Waals surface area (Å²) in [6.45, 7) is 1.00. The van der Waals surface area contributed by atoms with Crippen LogP contribution in [0.25, 0.3) is 10.8 Å². The second kappa shape index (κ2) is 5.96. The summed E-state index contributed by atoms with van der Waals surface area (Å²) in [5.41, 5.74) is 0. The van der Waals surface area contributed by atoms with E-state index in [0.717, 1.165) is 12.5 Å². The van der Waals surface area contributed by atoms with Crippen molar-refractivity contribution in [2.24, 2.45) is 5.92 Å². The molecule has 0 heterocycles. The van der Waals surface area contributed by atoms with Crippen molar-refractivity contribution < 1.29 is 4.79 Å². The molecule has 0 bridgehead atoms. The third-order valence-corrected chi connectivity index (χ3v) is 5.52. The molecule has 2 fully saturated rings. The Labute approximate surface area is 135 Å². The molecular formula is C19H21NOS. The normalized spacial score (nSPS) is 17.6. The predicted octanol–water partition coefficient (Wildman–Crippen LogP) is 4.33. The quantitative estimate of drug-likeness (QED) is 0.740. The molecule has 22 heavy (non-hydrogen) atoms. The van der Waals surface area contributed by atoms with Gasteiger partial charge in [-0.3, -0.25) is 4.79 Å². The van der Waals surface area contributed by atoms with Gasteiger partial charge in [-0.25, -0.2) is 0 Å². The predicted molar refractivity (Wildman–Crippen MR) is 92.1 cm³/mol. The van der Waals surface area contributed by atoms with E-state index >= 15 is 0 Å². The number of benzene rings is 2. The summed E-state index contributed by atoms with van der Waals surface area (Å²) < 4.78 is 0. The molecule has 2 saturated carbocycles. The lowest BCUT2D eigenvalue weighted by atomic mass is 10.1. The fourth-order valence-electron chi connectivity index (χ4n) is 2.90. The van der Waals surface area contributed by atoms with Crippen molar-refractivity contribution in [3.05, 3.63) is 42.5 Å². The van der Waals surface area contributed by atoms with Crippen LogP contribution in [0.2, 0.25) is 0 Å². The van der Waals surface area contributed by atoms with Gasteiger partial charge in [-0.1, -0.05) is 30.3 Å². The molecule has 0 spiro atoms. The Morgan fingerprint density at radius 3 is 2.55 bits per heavy atom. The molecule has 2 aliphatic carbocycles. The molecule has 114 valence electrons. The van der Waals surface area contributed by atoms with Crippen LogP contribution in [0.5, 0.6) is 0 Å². The zero-order valence-electron chi connectivity index (χ0n) is 12.7. The summed E-state index contributed by atoms with van der Waals surface area (Å²) >= 11 is 1.67. The van der Waals surface area contributed by atoms with E-state index < -0.39 is 0 Å². The lowest BCUT2D eigenvalue weighted by molar-refractivity contribution is -0.129. The van der Waals surface area contributed by atoms with Crippen molar-refractivity contribution in [2.45, 2.75) is 36.6 Å². The second-order valence-electron chi connectivity index (χ2n) is 6.52. The second-order valence-corrected chi connectivity index (χ2v) is 7.57. The van der Waals surface area contributed by atoms with Gasteiger partial charge < -0.3 is 4.90 Å². The van der Waals surface area contributed by atoms with Crippen LogP contribution in [0.15, 0.2) is 47.4 Å². The summed E-state index contributed by atoms with van der Waals surface area (Å²) in [4.78, 5) is 15.9. The van der Waals surface area contributed by atoms with Gasteiger partial charge in [0.15, 0.2) is 0 Å². The summed E-state index contributed by atoms with van der Waals surface area (Å²) in [5.74, 6) is 1.68. The van der Waals surface area contributed by atoms with Crippen molar-refractivity contribution in [3.8, 4) is 0 Å². The number of rotatable bonds is 6. The van der Waals surface area contributed by atoms with E-state index in [4.69, 9.17) is 0 Å². The number of thioether (sulfide) groups is 1. The van der Waals surface area contributed by atoms with Crippen LogP contribution in [0.1, 0.15) is 25.7 Å². The van der Waals surface area contributed by atoms with Gasteiger partial charge in [0.1, 0.15) is 0 Å². The van der Waals surface area contributed by atoms with Gasteiger partial charge in [0.2, 0.25) is 5.91 Å². The van der Waals surface area contributed by atoms with E-state index in [2.05, 4.69) is 47.4 Å². The highest BCUT2D eigenvalue weighted by Gasteiger charge is 2.36. The third kappa shape index (κ3) is 3.30. The Balaban J connectivity index is 1.40. The minimum absolute atomic E-state index is 0.326. The molecule has 4 rings (SSSR count). The maximum Gasteiger partial charge on any atom is 0.233 e. The average molecular weight is 311 g/mol. The number of fused-ring (bicyclic) bond motifs is 1. The molecule has 0 aromatic heterocycles. The lowest BCUT2D eigenvalue weighted by Crippen LogP contribution is -2.36. The standard InChI is InChI=1S/C19H21NOS/c21-19(20(17-8-9-17)12-14-5-6-14)13-22-18-10-7-15-3-1-2-4-16(15)11-18/h1-4,7,10-11,14,17H,5-6,8-9,12-13H2. The average Bonchev–Trinajstić information content (AvgIpc) is 3.43. The Morgan fingerprint density at radius 1 is 1.05 bits per heavy atom. The molecule has 0 aliphatic heterocycles. The smallest absolute Gasteiger partial charge is 0.233 e. The van der Waals surface area contributed by atoms with Crippen LogP contribution in [0, 0.1) is 5.92 Å². The number of carbonyl (C=O) groups is 1. The van der Waals surface area contributed by atoms with Crippen molar-refractivity contribution >= 4 is 28.4 Å². The number of nitrogens with zero attached hydrogens (tertiary/aromatic N) is 1. The van der Waals surface area contributed by atoms with Gasteiger partial charge in [0.05, 0.1) is 5.75 Å². The molecule has 1 amide bonds. The van der Waals surface area contributed by atoms with E-state index in [1.165, 1.54) is 41.4 Å². The molecule has 2 aliphatic rings. The van der Waals surface area contributed by atoms with Crippen LogP contribution < -0.4 is 0 Å². The maximum atomic E-state index is 12.5. The van der Waals surface area contributed by atoms with Crippen LogP contribution in [0.4, 0.5) is 0 Å². The zero-order chi connectivity index (χ0) is 14.9. The first-order valence-corrected chi connectivity index (χ1v) is 9.19. The summed E-state index contributed by atoms with van der Waals surface area (Å²) in [6.07, 6.45) is 5.04. The van der Waals surface area contributed by atoms with Gasteiger partial charge in [0, 0.05) is 17.5 Å². The van der Waals surface area contributed by atoms with E-state index in [1.54, 1.807) is 11.8 Å². The molecule has 0 atom stereocenters. The lowest BCUT2D eigenvalue weighted by Gasteiger charge is -2.22. The van der Waals surface area contributed by atoms with E-state index in [1.807, 2.05) is 0 Å². The number of carbonyl (C=O) groups excluding carboxylic acids is 1. The third-order valence-electron chi connectivity index (χ3n) is 4.54. The number of amides is 1. The Morgan fingerprint density at radius 2 is 1.82 bits per heavy atom.